The molecule has 33 heavy (non-hydrogen) atoms. The van der Waals surface area contributed by atoms with Gasteiger partial charge in [0.1, 0.15) is 20.2 Å². The van der Waals surface area contributed by atoms with E-state index in [2.05, 4.69) is 15.3 Å². The van der Waals surface area contributed by atoms with E-state index in [1.807, 2.05) is 0 Å². The Balaban J connectivity index is 0.00000272. The predicted molar refractivity (Wildman–Crippen MR) is 107 cm³/mol. The SMILES string of the molecule is CC1=NN(c2c(C)cc(S(=O)(=O)[O-])cc2Cl)C(=O)C1N=Nc1ccc(S(=O)(=O)[O-])cc1.[Na+].[Na+]. The Morgan fingerprint density at radius 1 is 0.970 bits per heavy atom. The van der Waals surface area contributed by atoms with Gasteiger partial charge in [0.2, 0.25) is 0 Å². The zero-order valence-corrected chi connectivity index (χ0v) is 24.3. The molecule has 0 aromatic heterocycles. The molecule has 1 atom stereocenters. The number of rotatable bonds is 5. The molecule has 1 unspecified atom stereocenters. The molecule has 0 spiro atoms. The first-order valence-corrected chi connectivity index (χ1v) is 11.6. The number of hydrogen-bond acceptors (Lipinski definition) is 10. The number of benzene rings is 2. The summed E-state index contributed by atoms with van der Waals surface area (Å²) in [5.74, 6) is -0.622. The first-order chi connectivity index (χ1) is 14.3. The average molecular weight is 531 g/mol. The topological polar surface area (TPSA) is 172 Å². The molecule has 3 rings (SSSR count). The summed E-state index contributed by atoms with van der Waals surface area (Å²) in [4.78, 5) is 11.8. The number of aryl methyl sites for hydroxylation is 1. The van der Waals surface area contributed by atoms with Crippen LogP contribution in [0.15, 0.2) is 61.5 Å². The molecule has 1 aliphatic rings. The Kier molecular flexibility index (Phi) is 10.4. The minimum Gasteiger partial charge on any atom is -0.744 e. The van der Waals surface area contributed by atoms with Gasteiger partial charge in [0.05, 0.1) is 31.9 Å². The normalized spacial score (nSPS) is 16.4. The van der Waals surface area contributed by atoms with Crippen LogP contribution in [-0.2, 0) is 25.0 Å². The molecule has 16 heteroatoms. The van der Waals surface area contributed by atoms with Gasteiger partial charge in [-0.15, -0.1) is 0 Å². The molecule has 0 saturated carbocycles. The van der Waals surface area contributed by atoms with Crippen molar-refractivity contribution in [3.8, 4) is 0 Å². The van der Waals surface area contributed by atoms with Gasteiger partial charge in [0.15, 0.2) is 6.04 Å². The van der Waals surface area contributed by atoms with Gasteiger partial charge in [-0.05, 0) is 55.8 Å². The van der Waals surface area contributed by atoms with Gasteiger partial charge in [0, 0.05) is 0 Å². The Labute approximate surface area is 239 Å². The summed E-state index contributed by atoms with van der Waals surface area (Å²) in [6.07, 6.45) is 0. The van der Waals surface area contributed by atoms with E-state index in [1.165, 1.54) is 26.0 Å². The summed E-state index contributed by atoms with van der Waals surface area (Å²) in [6.45, 7) is 2.99. The van der Waals surface area contributed by atoms with Crippen LogP contribution in [0.3, 0.4) is 0 Å². The summed E-state index contributed by atoms with van der Waals surface area (Å²) in [5, 5.41) is 12.7. The number of anilines is 1. The van der Waals surface area contributed by atoms with Crippen LogP contribution in [0.5, 0.6) is 0 Å². The van der Waals surface area contributed by atoms with Crippen molar-refractivity contribution in [1.29, 1.82) is 0 Å². The van der Waals surface area contributed by atoms with E-state index in [1.54, 1.807) is 0 Å². The number of carbonyl (C=O) groups is 1. The molecule has 0 radical (unpaired) electrons. The smallest absolute Gasteiger partial charge is 0.744 e. The van der Waals surface area contributed by atoms with E-state index in [4.69, 9.17) is 11.6 Å². The van der Waals surface area contributed by atoms with Gasteiger partial charge in [-0.2, -0.15) is 20.3 Å². The summed E-state index contributed by atoms with van der Waals surface area (Å²) < 4.78 is 66.6. The zero-order chi connectivity index (χ0) is 23.1. The van der Waals surface area contributed by atoms with Crippen LogP contribution in [-0.4, -0.2) is 43.6 Å². The van der Waals surface area contributed by atoms with Crippen LogP contribution >= 0.6 is 11.6 Å². The Bertz CT molecular complexity index is 1320. The molecule has 1 heterocycles. The molecular formula is C17H13ClN4Na2O7S2. The molecule has 1 amide bonds. The molecule has 2 aromatic rings. The number of hydrazone groups is 1. The van der Waals surface area contributed by atoms with Crippen molar-refractivity contribution >= 4 is 54.8 Å². The maximum Gasteiger partial charge on any atom is 1.00 e. The molecular weight excluding hydrogens is 518 g/mol. The second-order valence-corrected chi connectivity index (χ2v) is 9.65. The summed E-state index contributed by atoms with van der Waals surface area (Å²) in [7, 11) is -9.34. The molecule has 11 nitrogen and oxygen atoms in total. The number of halogens is 1. The van der Waals surface area contributed by atoms with E-state index in [9.17, 15) is 30.7 Å². The van der Waals surface area contributed by atoms with Crippen molar-refractivity contribution in [1.82, 2.24) is 0 Å². The van der Waals surface area contributed by atoms with Gasteiger partial charge < -0.3 is 9.11 Å². The van der Waals surface area contributed by atoms with Crippen LogP contribution in [0, 0.1) is 6.92 Å². The van der Waals surface area contributed by atoms with E-state index < -0.39 is 42.0 Å². The molecule has 2 aromatic carbocycles. The van der Waals surface area contributed by atoms with Crippen molar-refractivity contribution in [2.45, 2.75) is 29.7 Å². The van der Waals surface area contributed by atoms with Crippen LogP contribution in [0.4, 0.5) is 11.4 Å². The minimum absolute atomic E-state index is 0. The second-order valence-electron chi connectivity index (χ2n) is 6.48. The summed E-state index contributed by atoms with van der Waals surface area (Å²) >= 11 is 6.11. The summed E-state index contributed by atoms with van der Waals surface area (Å²) in [6, 6.07) is 5.54. The van der Waals surface area contributed by atoms with Gasteiger partial charge in [-0.25, -0.2) is 16.8 Å². The standard InChI is InChI=1S/C17H15ClN4O7S2.2Na/c1-9-7-13(31(27,28)29)8-14(18)16(9)22-17(23)15(10(2)21-22)20-19-11-3-5-12(6-4-11)30(24,25)26;;/h3-8,15H,1-2H3,(H,24,25,26)(H,27,28,29);;/q;2*+1/p-2. The minimum atomic E-state index is -4.74. The van der Waals surface area contributed by atoms with Crippen LogP contribution in [0.25, 0.3) is 0 Å². The Hall–Kier alpha value is -0.710. The first-order valence-electron chi connectivity index (χ1n) is 8.41. The van der Waals surface area contributed by atoms with Gasteiger partial charge in [-0.3, -0.25) is 4.79 Å². The van der Waals surface area contributed by atoms with E-state index in [0.29, 0.717) is 0 Å². The number of hydrogen-bond donors (Lipinski definition) is 0. The number of carbonyl (C=O) groups excluding carboxylic acids is 1. The molecule has 164 valence electrons. The third-order valence-corrected chi connectivity index (χ3v) is 6.19. The largest absolute Gasteiger partial charge is 1.00 e. The number of amides is 1. The maximum atomic E-state index is 12.8. The van der Waals surface area contributed by atoms with E-state index in [0.717, 1.165) is 29.3 Å². The molecule has 0 bridgehead atoms. The Morgan fingerprint density at radius 2 is 1.52 bits per heavy atom. The number of azo groups is 1. The van der Waals surface area contributed by atoms with E-state index >= 15 is 0 Å². The van der Waals surface area contributed by atoms with Crippen LogP contribution in [0.1, 0.15) is 12.5 Å². The van der Waals surface area contributed by atoms with Gasteiger partial charge >= 0.3 is 59.1 Å². The molecule has 0 fully saturated rings. The second kappa shape index (κ2) is 11.4. The molecule has 0 aliphatic carbocycles. The van der Waals surface area contributed by atoms with Crippen molar-refractivity contribution in [3.05, 3.63) is 47.0 Å². The van der Waals surface area contributed by atoms with Crippen molar-refractivity contribution in [3.63, 3.8) is 0 Å². The quantitative estimate of drug-likeness (QED) is 0.218. The third-order valence-electron chi connectivity index (χ3n) is 4.24. The van der Waals surface area contributed by atoms with E-state index in [-0.39, 0.29) is 86.8 Å². The van der Waals surface area contributed by atoms with Crippen molar-refractivity contribution in [2.75, 3.05) is 5.01 Å². The number of nitrogens with zero attached hydrogens (tertiary/aromatic N) is 4. The molecule has 0 saturated heterocycles. The van der Waals surface area contributed by atoms with Gasteiger partial charge in [0.25, 0.3) is 5.91 Å². The van der Waals surface area contributed by atoms with Gasteiger partial charge in [-0.1, -0.05) is 11.6 Å². The van der Waals surface area contributed by atoms with Crippen molar-refractivity contribution in [2.24, 2.45) is 15.3 Å². The first kappa shape index (κ1) is 30.3. The fraction of sp³-hybridized carbons (Fsp3) is 0.176. The maximum absolute atomic E-state index is 12.8. The third kappa shape index (κ3) is 6.92. The monoisotopic (exact) mass is 530 g/mol. The average Bonchev–Trinajstić information content (AvgIpc) is 2.92. The summed E-state index contributed by atoms with van der Waals surface area (Å²) in [5.41, 5.74) is 0.800. The fourth-order valence-electron chi connectivity index (χ4n) is 2.77. The zero-order valence-electron chi connectivity index (χ0n) is 17.9. The van der Waals surface area contributed by atoms with Crippen LogP contribution in [0.2, 0.25) is 5.02 Å². The molecule has 0 N–H and O–H groups in total. The molecule has 1 aliphatic heterocycles. The van der Waals surface area contributed by atoms with Crippen LogP contribution < -0.4 is 64.1 Å². The fourth-order valence-corrected chi connectivity index (χ4v) is 4.23. The predicted octanol–water partition coefficient (Wildman–Crippen LogP) is -3.66. The Morgan fingerprint density at radius 3 is 2.00 bits per heavy atom. The van der Waals surface area contributed by atoms with Crippen molar-refractivity contribution < 1.29 is 89.9 Å².